The van der Waals surface area contributed by atoms with E-state index in [0.29, 0.717) is 4.99 Å². The third-order valence-electron chi connectivity index (χ3n) is 3.67. The number of aromatic nitrogens is 1. The second-order valence-electron chi connectivity index (χ2n) is 5.09. The summed E-state index contributed by atoms with van der Waals surface area (Å²) in [6.07, 6.45) is 5.51. The lowest BCUT2D eigenvalue weighted by Gasteiger charge is -2.29. The van der Waals surface area contributed by atoms with E-state index >= 15 is 0 Å². The summed E-state index contributed by atoms with van der Waals surface area (Å²) in [4.78, 5) is 4.81. The van der Waals surface area contributed by atoms with Crippen molar-refractivity contribution in [2.75, 3.05) is 18.5 Å². The molecule has 1 aliphatic heterocycles. The molecular weight excluding hydrogens is 268 g/mol. The highest BCUT2D eigenvalue weighted by Crippen LogP contribution is 2.27. The highest BCUT2D eigenvalue weighted by Gasteiger charge is 2.15. The smallest absolute Gasteiger partial charge is 0.107 e. The van der Waals surface area contributed by atoms with Crippen LogP contribution in [0.4, 0.5) is 5.69 Å². The molecule has 0 amide bonds. The van der Waals surface area contributed by atoms with Crippen molar-refractivity contribution in [3.8, 4) is 0 Å². The van der Waals surface area contributed by atoms with E-state index in [1.165, 1.54) is 19.3 Å². The molecule has 3 rings (SSSR count). The topological polar surface area (TPSA) is 54.2 Å². The Kier molecular flexibility index (Phi) is 3.80. The molecule has 20 heavy (non-hydrogen) atoms. The van der Waals surface area contributed by atoms with E-state index in [-0.39, 0.29) is 0 Å². The first-order valence-corrected chi connectivity index (χ1v) is 7.35. The van der Waals surface area contributed by atoms with Gasteiger partial charge in [0.05, 0.1) is 16.8 Å². The van der Waals surface area contributed by atoms with Gasteiger partial charge in [-0.2, -0.15) is 0 Å². The largest absolute Gasteiger partial charge is 0.389 e. The highest BCUT2D eigenvalue weighted by molar-refractivity contribution is 7.80. The number of nitrogens with zero attached hydrogens (tertiary/aromatic N) is 2. The molecule has 0 atom stereocenters. The summed E-state index contributed by atoms with van der Waals surface area (Å²) in [5, 5.41) is 3.30. The molecule has 4 nitrogen and oxygen atoms in total. The number of hydrogen-bond acceptors (Lipinski definition) is 4. The molecule has 1 aromatic heterocycles. The number of para-hydroxylation sites is 1. The highest BCUT2D eigenvalue weighted by atomic mass is 32.1. The summed E-state index contributed by atoms with van der Waals surface area (Å²) in [5.41, 5.74) is 12.1. The van der Waals surface area contributed by atoms with Crippen molar-refractivity contribution in [2.45, 2.75) is 19.3 Å². The maximum Gasteiger partial charge on any atom is 0.107 e. The fraction of sp³-hybridized carbons (Fsp3) is 0.333. The minimum absolute atomic E-state index is 0.378. The predicted octanol–water partition coefficient (Wildman–Crippen LogP) is 2.68. The minimum Gasteiger partial charge on any atom is -0.389 e. The molecule has 3 N–H and O–H groups in total. The lowest BCUT2D eigenvalue weighted by molar-refractivity contribution is 0.273. The van der Waals surface area contributed by atoms with E-state index in [9.17, 15) is 0 Å². The number of nitrogens with two attached hydrogens (primary N) is 1. The van der Waals surface area contributed by atoms with Gasteiger partial charge in [0, 0.05) is 24.7 Å². The van der Waals surface area contributed by atoms with Gasteiger partial charge in [-0.3, -0.25) is 4.98 Å². The summed E-state index contributed by atoms with van der Waals surface area (Å²) in [6, 6.07) is 8.05. The summed E-state index contributed by atoms with van der Waals surface area (Å²) in [7, 11) is 0. The van der Waals surface area contributed by atoms with Gasteiger partial charge < -0.3 is 11.2 Å². The Morgan fingerprint density at radius 2 is 1.95 bits per heavy atom. The second kappa shape index (κ2) is 5.73. The van der Waals surface area contributed by atoms with Crippen molar-refractivity contribution in [3.05, 3.63) is 36.0 Å². The van der Waals surface area contributed by atoms with Crippen molar-refractivity contribution < 1.29 is 0 Å². The lowest BCUT2D eigenvalue weighted by atomic mass is 10.1. The second-order valence-corrected chi connectivity index (χ2v) is 5.53. The van der Waals surface area contributed by atoms with Crippen LogP contribution in [-0.4, -0.2) is 28.1 Å². The number of fused-ring (bicyclic) bond motifs is 1. The normalized spacial score (nSPS) is 16.2. The lowest BCUT2D eigenvalue weighted by Crippen LogP contribution is -2.35. The van der Waals surface area contributed by atoms with E-state index < -0.39 is 0 Å². The molecule has 1 fully saturated rings. The Hall–Kier alpha value is -1.72. The van der Waals surface area contributed by atoms with Crippen LogP contribution >= 0.6 is 12.2 Å². The first kappa shape index (κ1) is 13.3. The van der Waals surface area contributed by atoms with Crippen LogP contribution in [0.5, 0.6) is 0 Å². The molecule has 5 heteroatoms. The maximum absolute atomic E-state index is 5.84. The number of hydrogen-bond donors (Lipinski definition) is 2. The zero-order valence-corrected chi connectivity index (χ0v) is 12.1. The van der Waals surface area contributed by atoms with Crippen LogP contribution in [0.1, 0.15) is 24.8 Å². The van der Waals surface area contributed by atoms with Crippen molar-refractivity contribution in [2.24, 2.45) is 5.73 Å². The third kappa shape index (κ3) is 2.59. The number of nitrogens with one attached hydrogen (secondary N) is 1. The zero-order valence-electron chi connectivity index (χ0n) is 11.3. The SMILES string of the molecule is NC(=S)c1cnc2ccccc2c1NN1CCCCC1. The van der Waals surface area contributed by atoms with Gasteiger partial charge in [-0.25, -0.2) is 5.01 Å². The van der Waals surface area contributed by atoms with Crippen LogP contribution < -0.4 is 11.2 Å². The molecule has 1 aromatic carbocycles. The van der Waals surface area contributed by atoms with Gasteiger partial charge in [-0.1, -0.05) is 36.8 Å². The molecule has 104 valence electrons. The Bertz CT molecular complexity index is 635. The number of pyridine rings is 1. The van der Waals surface area contributed by atoms with Crippen LogP contribution in [0.25, 0.3) is 10.9 Å². The number of hydrazine groups is 1. The minimum atomic E-state index is 0.378. The van der Waals surface area contributed by atoms with Crippen LogP contribution in [0.3, 0.4) is 0 Å². The first-order valence-electron chi connectivity index (χ1n) is 6.95. The molecule has 2 aromatic rings. The zero-order chi connectivity index (χ0) is 13.9. The molecular formula is C15H18N4S. The molecule has 0 saturated carbocycles. The molecule has 1 aliphatic rings. The molecule has 0 aliphatic carbocycles. The Morgan fingerprint density at radius 3 is 2.70 bits per heavy atom. The molecule has 0 spiro atoms. The third-order valence-corrected chi connectivity index (χ3v) is 3.89. The van der Waals surface area contributed by atoms with Gasteiger partial charge in [-0.15, -0.1) is 0 Å². The molecule has 0 unspecified atom stereocenters. The average Bonchev–Trinajstić information content (AvgIpc) is 2.48. The van der Waals surface area contributed by atoms with Gasteiger partial charge in [0.25, 0.3) is 0 Å². The number of benzene rings is 1. The predicted molar refractivity (Wildman–Crippen MR) is 86.7 cm³/mol. The summed E-state index contributed by atoms with van der Waals surface area (Å²) >= 11 is 5.16. The quantitative estimate of drug-likeness (QED) is 0.850. The maximum atomic E-state index is 5.84. The fourth-order valence-electron chi connectivity index (χ4n) is 2.61. The molecule has 2 heterocycles. The number of rotatable bonds is 3. The first-order chi connectivity index (χ1) is 9.75. The van der Waals surface area contributed by atoms with Gasteiger partial charge in [0.2, 0.25) is 0 Å². The summed E-state index contributed by atoms with van der Waals surface area (Å²) in [5.74, 6) is 0. The van der Waals surface area contributed by atoms with Gasteiger partial charge >= 0.3 is 0 Å². The van der Waals surface area contributed by atoms with Gasteiger partial charge in [0.15, 0.2) is 0 Å². The van der Waals surface area contributed by atoms with Crippen molar-refractivity contribution in [1.82, 2.24) is 9.99 Å². The summed E-state index contributed by atoms with van der Waals surface area (Å²) < 4.78 is 0. The van der Waals surface area contributed by atoms with Crippen molar-refractivity contribution >= 4 is 33.8 Å². The Labute approximate surface area is 123 Å². The standard InChI is InChI=1S/C15H18N4S/c16-15(20)12-10-17-13-7-3-2-6-11(13)14(12)18-19-8-4-1-5-9-19/h2-3,6-7,10H,1,4-5,8-9H2,(H2,16,20)(H,17,18). The molecule has 1 saturated heterocycles. The van der Waals surface area contributed by atoms with E-state index in [0.717, 1.165) is 35.2 Å². The Morgan fingerprint density at radius 1 is 1.20 bits per heavy atom. The van der Waals surface area contributed by atoms with Crippen LogP contribution in [-0.2, 0) is 0 Å². The van der Waals surface area contributed by atoms with E-state index in [2.05, 4.69) is 21.5 Å². The van der Waals surface area contributed by atoms with E-state index in [4.69, 9.17) is 18.0 Å². The molecule has 0 bridgehead atoms. The average molecular weight is 286 g/mol. The van der Waals surface area contributed by atoms with Crippen molar-refractivity contribution in [1.29, 1.82) is 0 Å². The Balaban J connectivity index is 2.04. The number of piperidine rings is 1. The monoisotopic (exact) mass is 286 g/mol. The van der Waals surface area contributed by atoms with E-state index in [1.807, 2.05) is 18.2 Å². The van der Waals surface area contributed by atoms with Gasteiger partial charge in [-0.05, 0) is 18.9 Å². The number of anilines is 1. The summed E-state index contributed by atoms with van der Waals surface area (Å²) in [6.45, 7) is 2.10. The number of thiocarbonyl (C=S) groups is 1. The molecule has 0 radical (unpaired) electrons. The van der Waals surface area contributed by atoms with Gasteiger partial charge in [0.1, 0.15) is 4.99 Å². The fourth-order valence-corrected chi connectivity index (χ4v) is 2.77. The van der Waals surface area contributed by atoms with E-state index in [1.54, 1.807) is 6.20 Å². The van der Waals surface area contributed by atoms with Crippen LogP contribution in [0, 0.1) is 0 Å². The van der Waals surface area contributed by atoms with Crippen LogP contribution in [0.15, 0.2) is 30.5 Å². The van der Waals surface area contributed by atoms with Crippen molar-refractivity contribution in [3.63, 3.8) is 0 Å². The van der Waals surface area contributed by atoms with Crippen LogP contribution in [0.2, 0.25) is 0 Å².